The minimum atomic E-state index is -0.0495. The summed E-state index contributed by atoms with van der Waals surface area (Å²) in [4.78, 5) is 12.6. The number of nitrogens with zero attached hydrogens (tertiary/aromatic N) is 1. The van der Waals surface area contributed by atoms with Gasteiger partial charge in [0.2, 0.25) is 0 Å². The SMILES string of the molecule is COCc1csc(C(=O)NCC2(CC#N)CC2)c1. The number of ether oxygens (including phenoxy) is 1. The van der Waals surface area contributed by atoms with Gasteiger partial charge in [-0.1, -0.05) is 0 Å². The number of thiophene rings is 1. The van der Waals surface area contributed by atoms with Crippen LogP contribution in [0, 0.1) is 16.7 Å². The van der Waals surface area contributed by atoms with Crippen molar-refractivity contribution >= 4 is 17.2 Å². The fourth-order valence-corrected chi connectivity index (χ4v) is 2.67. The van der Waals surface area contributed by atoms with E-state index < -0.39 is 0 Å². The van der Waals surface area contributed by atoms with Gasteiger partial charge in [0.15, 0.2) is 0 Å². The second kappa shape index (κ2) is 5.51. The predicted octanol–water partition coefficient (Wildman–Crippen LogP) is 2.32. The van der Waals surface area contributed by atoms with Crippen LogP contribution >= 0.6 is 11.3 Å². The first-order valence-electron chi connectivity index (χ1n) is 5.91. The fraction of sp³-hybridized carbons (Fsp3) is 0.538. The summed E-state index contributed by atoms with van der Waals surface area (Å²) in [6.07, 6.45) is 2.62. The normalized spacial score (nSPS) is 16.0. The van der Waals surface area contributed by atoms with E-state index >= 15 is 0 Å². The first-order valence-corrected chi connectivity index (χ1v) is 6.79. The number of carbonyl (C=O) groups excluding carboxylic acids is 1. The molecule has 4 nitrogen and oxygen atoms in total. The highest BCUT2D eigenvalue weighted by Crippen LogP contribution is 2.47. The molecular weight excluding hydrogens is 248 g/mol. The molecule has 1 N–H and O–H groups in total. The highest BCUT2D eigenvalue weighted by molar-refractivity contribution is 7.12. The molecule has 1 saturated carbocycles. The quantitative estimate of drug-likeness (QED) is 0.857. The summed E-state index contributed by atoms with van der Waals surface area (Å²) in [7, 11) is 1.64. The highest BCUT2D eigenvalue weighted by atomic mass is 32.1. The van der Waals surface area contributed by atoms with Gasteiger partial charge in [0.05, 0.1) is 17.6 Å². The summed E-state index contributed by atoms with van der Waals surface area (Å²) in [6.45, 7) is 1.14. The number of methoxy groups -OCH3 is 1. The Morgan fingerprint density at radius 1 is 1.67 bits per heavy atom. The number of carbonyl (C=O) groups is 1. The maximum Gasteiger partial charge on any atom is 0.261 e. The molecule has 0 spiro atoms. The Morgan fingerprint density at radius 3 is 3.06 bits per heavy atom. The van der Waals surface area contributed by atoms with E-state index in [9.17, 15) is 4.79 Å². The summed E-state index contributed by atoms with van der Waals surface area (Å²) in [5.74, 6) is -0.0495. The van der Waals surface area contributed by atoms with Crippen LogP contribution in [0.4, 0.5) is 0 Å². The Hall–Kier alpha value is -1.38. The van der Waals surface area contributed by atoms with E-state index in [1.165, 1.54) is 11.3 Å². The maximum atomic E-state index is 11.9. The third kappa shape index (κ3) is 3.09. The summed E-state index contributed by atoms with van der Waals surface area (Å²) >= 11 is 1.42. The maximum absolute atomic E-state index is 11.9. The standard InChI is InChI=1S/C13H16N2O2S/c1-17-7-10-6-11(18-8-10)12(16)15-9-13(2-3-13)4-5-14/h6,8H,2-4,7,9H2,1H3,(H,15,16). The number of hydrogen-bond donors (Lipinski definition) is 1. The van der Waals surface area contributed by atoms with Gasteiger partial charge < -0.3 is 10.1 Å². The van der Waals surface area contributed by atoms with Gasteiger partial charge in [-0.25, -0.2) is 0 Å². The van der Waals surface area contributed by atoms with Crippen LogP contribution in [-0.4, -0.2) is 19.6 Å². The van der Waals surface area contributed by atoms with Crippen LogP contribution in [0.1, 0.15) is 34.5 Å². The summed E-state index contributed by atoms with van der Waals surface area (Å²) in [5.41, 5.74) is 1.07. The Kier molecular flexibility index (Phi) is 4.00. The minimum absolute atomic E-state index is 0.0495. The van der Waals surface area contributed by atoms with E-state index in [-0.39, 0.29) is 11.3 Å². The van der Waals surface area contributed by atoms with Crippen LogP contribution in [0.25, 0.3) is 0 Å². The van der Waals surface area contributed by atoms with Crippen LogP contribution in [-0.2, 0) is 11.3 Å². The van der Waals surface area contributed by atoms with E-state index in [0.29, 0.717) is 24.4 Å². The minimum Gasteiger partial charge on any atom is -0.380 e. The Labute approximate surface area is 111 Å². The zero-order valence-electron chi connectivity index (χ0n) is 10.4. The van der Waals surface area contributed by atoms with Gasteiger partial charge in [-0.15, -0.1) is 11.3 Å². The lowest BCUT2D eigenvalue weighted by molar-refractivity contribution is 0.0949. The lowest BCUT2D eigenvalue weighted by Crippen LogP contribution is -2.29. The molecular formula is C13H16N2O2S. The van der Waals surface area contributed by atoms with Crippen molar-refractivity contribution < 1.29 is 9.53 Å². The van der Waals surface area contributed by atoms with Crippen LogP contribution in [0.15, 0.2) is 11.4 Å². The van der Waals surface area contributed by atoms with Gasteiger partial charge in [-0.2, -0.15) is 5.26 Å². The third-order valence-electron chi connectivity index (χ3n) is 3.22. The van der Waals surface area contributed by atoms with Crippen molar-refractivity contribution in [2.75, 3.05) is 13.7 Å². The average Bonchev–Trinajstić information content (AvgIpc) is 2.96. The molecule has 1 aromatic rings. The molecule has 96 valence electrons. The molecule has 18 heavy (non-hydrogen) atoms. The van der Waals surface area contributed by atoms with Crippen molar-refractivity contribution in [3.8, 4) is 6.07 Å². The van der Waals surface area contributed by atoms with E-state index in [1.807, 2.05) is 11.4 Å². The molecule has 0 aliphatic heterocycles. The van der Waals surface area contributed by atoms with Crippen LogP contribution < -0.4 is 5.32 Å². The van der Waals surface area contributed by atoms with Crippen molar-refractivity contribution in [2.24, 2.45) is 5.41 Å². The molecule has 2 rings (SSSR count). The third-order valence-corrected chi connectivity index (χ3v) is 4.20. The number of nitriles is 1. The highest BCUT2D eigenvalue weighted by Gasteiger charge is 2.42. The molecule has 1 aliphatic rings. The Morgan fingerprint density at radius 2 is 2.44 bits per heavy atom. The van der Waals surface area contributed by atoms with Crippen molar-refractivity contribution in [3.05, 3.63) is 21.9 Å². The fourth-order valence-electron chi connectivity index (χ4n) is 1.85. The summed E-state index contributed by atoms with van der Waals surface area (Å²) in [6, 6.07) is 4.04. The lowest BCUT2D eigenvalue weighted by atomic mass is 10.0. The average molecular weight is 264 g/mol. The van der Waals surface area contributed by atoms with Gasteiger partial charge in [-0.3, -0.25) is 4.79 Å². The molecule has 0 radical (unpaired) electrons. The van der Waals surface area contributed by atoms with Crippen LogP contribution in [0.2, 0.25) is 0 Å². The largest absolute Gasteiger partial charge is 0.380 e. The van der Waals surface area contributed by atoms with E-state index in [0.717, 1.165) is 18.4 Å². The molecule has 5 heteroatoms. The van der Waals surface area contributed by atoms with Crippen molar-refractivity contribution in [1.82, 2.24) is 5.32 Å². The first kappa shape index (κ1) is 13.1. The van der Waals surface area contributed by atoms with Crippen LogP contribution in [0.5, 0.6) is 0 Å². The smallest absolute Gasteiger partial charge is 0.261 e. The number of nitrogens with one attached hydrogen (secondary N) is 1. The zero-order chi connectivity index (χ0) is 13.0. The van der Waals surface area contributed by atoms with E-state index in [4.69, 9.17) is 10.00 Å². The van der Waals surface area contributed by atoms with Gasteiger partial charge in [0, 0.05) is 25.5 Å². The molecule has 0 aromatic carbocycles. The van der Waals surface area contributed by atoms with E-state index in [1.54, 1.807) is 7.11 Å². The molecule has 1 aromatic heterocycles. The molecule has 0 saturated heterocycles. The Balaban J connectivity index is 1.86. The molecule has 1 heterocycles. The number of hydrogen-bond acceptors (Lipinski definition) is 4. The molecule has 1 fully saturated rings. The van der Waals surface area contributed by atoms with Gasteiger partial charge in [0.1, 0.15) is 0 Å². The van der Waals surface area contributed by atoms with Crippen molar-refractivity contribution in [3.63, 3.8) is 0 Å². The number of rotatable bonds is 6. The first-order chi connectivity index (χ1) is 8.69. The molecule has 0 atom stereocenters. The lowest BCUT2D eigenvalue weighted by Gasteiger charge is -2.11. The topological polar surface area (TPSA) is 62.1 Å². The molecule has 1 amide bonds. The predicted molar refractivity (Wildman–Crippen MR) is 69.3 cm³/mol. The van der Waals surface area contributed by atoms with Gasteiger partial charge in [-0.05, 0) is 29.9 Å². The van der Waals surface area contributed by atoms with Gasteiger partial charge in [0.25, 0.3) is 5.91 Å². The summed E-state index contributed by atoms with van der Waals surface area (Å²) in [5, 5.41) is 13.6. The van der Waals surface area contributed by atoms with Gasteiger partial charge >= 0.3 is 0 Å². The number of amides is 1. The molecule has 1 aliphatic carbocycles. The second-order valence-corrected chi connectivity index (χ2v) is 5.68. The zero-order valence-corrected chi connectivity index (χ0v) is 11.2. The van der Waals surface area contributed by atoms with Crippen molar-refractivity contribution in [2.45, 2.75) is 25.9 Å². The molecule has 0 bridgehead atoms. The molecule has 0 unspecified atom stereocenters. The second-order valence-electron chi connectivity index (χ2n) is 4.77. The van der Waals surface area contributed by atoms with Crippen LogP contribution in [0.3, 0.4) is 0 Å². The Bertz CT molecular complexity index is 472. The monoisotopic (exact) mass is 264 g/mol. The summed E-state index contributed by atoms with van der Waals surface area (Å²) < 4.78 is 5.02. The van der Waals surface area contributed by atoms with Crippen molar-refractivity contribution in [1.29, 1.82) is 5.26 Å². The van der Waals surface area contributed by atoms with E-state index in [2.05, 4.69) is 11.4 Å².